The largest absolute Gasteiger partial charge is 0.386 e. The lowest BCUT2D eigenvalue weighted by molar-refractivity contribution is 0.141. The Hall–Kier alpha value is -0.770. The van der Waals surface area contributed by atoms with E-state index in [2.05, 4.69) is 12.0 Å². The van der Waals surface area contributed by atoms with Crippen LogP contribution in [0, 0.1) is 0 Å². The second kappa shape index (κ2) is 6.35. The number of hydrogen-bond donors (Lipinski definition) is 2. The normalized spacial score (nSPS) is 11.9. The molecule has 4 N–H and O–H groups in total. The van der Waals surface area contributed by atoms with Crippen LogP contribution in [-0.2, 0) is 4.74 Å². The zero-order chi connectivity index (χ0) is 7.82. The number of ether oxygens (including phenoxy) is 1. The molecular weight excluding hydrogens is 130 g/mol. The molecule has 0 unspecified atom stereocenters. The minimum Gasteiger partial charge on any atom is -0.386 e. The molecule has 0 saturated carbocycles. The van der Waals surface area contributed by atoms with Gasteiger partial charge in [0.05, 0.1) is 6.61 Å². The zero-order valence-corrected chi connectivity index (χ0v) is 6.34. The average Bonchev–Trinajstić information content (AvgIpc) is 1.98. The number of nitrogens with zero attached hydrogens (tertiary/aromatic N) is 1. The third-order valence-electron chi connectivity index (χ3n) is 1.02. The fraction of sp³-hybridized carbons (Fsp3) is 0.833. The van der Waals surface area contributed by atoms with Gasteiger partial charge in [-0.15, -0.1) is 0 Å². The van der Waals surface area contributed by atoms with E-state index in [1.54, 1.807) is 0 Å². The van der Waals surface area contributed by atoms with E-state index >= 15 is 0 Å². The molecule has 0 bridgehead atoms. The first-order chi connectivity index (χ1) is 4.81. The number of amidine groups is 1. The van der Waals surface area contributed by atoms with E-state index in [-0.39, 0.29) is 0 Å². The Morgan fingerprint density at radius 3 is 2.70 bits per heavy atom. The van der Waals surface area contributed by atoms with Crippen molar-refractivity contribution in [2.24, 2.45) is 16.7 Å². The Labute approximate surface area is 61.2 Å². The van der Waals surface area contributed by atoms with Crippen molar-refractivity contribution in [1.29, 1.82) is 0 Å². The predicted octanol–water partition coefficient (Wildman–Crippen LogP) is 0.0340. The Balaban J connectivity index is 3.04. The standard InChI is InChI=1S/C6H15N3O/c1-2-4-10-5-3-6(7)9-8/h2-5,8H2,1H3,(H2,7,9). The molecule has 4 heteroatoms. The highest BCUT2D eigenvalue weighted by molar-refractivity contribution is 5.79. The molecule has 10 heavy (non-hydrogen) atoms. The van der Waals surface area contributed by atoms with Crippen LogP contribution in [0.5, 0.6) is 0 Å². The minimum absolute atomic E-state index is 0.441. The third kappa shape index (κ3) is 5.37. The predicted molar refractivity (Wildman–Crippen MR) is 41.5 cm³/mol. The van der Waals surface area contributed by atoms with Gasteiger partial charge in [-0.2, -0.15) is 5.10 Å². The van der Waals surface area contributed by atoms with Crippen molar-refractivity contribution in [2.45, 2.75) is 19.8 Å². The van der Waals surface area contributed by atoms with Crippen LogP contribution in [0.3, 0.4) is 0 Å². The molecular formula is C6H15N3O. The molecule has 0 radical (unpaired) electrons. The molecule has 0 fully saturated rings. The van der Waals surface area contributed by atoms with Crippen LogP contribution in [-0.4, -0.2) is 19.0 Å². The van der Waals surface area contributed by atoms with Gasteiger partial charge in [0, 0.05) is 13.0 Å². The SMILES string of the molecule is CCCOCCC(N)=NN. The van der Waals surface area contributed by atoms with Crippen molar-refractivity contribution in [3.63, 3.8) is 0 Å². The molecule has 0 aliphatic heterocycles. The maximum absolute atomic E-state index is 5.30. The molecule has 0 heterocycles. The summed E-state index contributed by atoms with van der Waals surface area (Å²) < 4.78 is 5.14. The van der Waals surface area contributed by atoms with Crippen LogP contribution in [0.2, 0.25) is 0 Å². The van der Waals surface area contributed by atoms with Crippen molar-refractivity contribution >= 4 is 5.84 Å². The molecule has 0 aromatic heterocycles. The molecule has 0 atom stereocenters. The second-order valence-corrected chi connectivity index (χ2v) is 1.98. The van der Waals surface area contributed by atoms with Crippen molar-refractivity contribution < 1.29 is 4.74 Å². The molecule has 0 rings (SSSR count). The molecule has 0 aromatic carbocycles. The Morgan fingerprint density at radius 1 is 1.50 bits per heavy atom. The maximum Gasteiger partial charge on any atom is 0.121 e. The van der Waals surface area contributed by atoms with Gasteiger partial charge in [0.1, 0.15) is 5.84 Å². The summed E-state index contributed by atoms with van der Waals surface area (Å²) >= 11 is 0. The van der Waals surface area contributed by atoms with Crippen molar-refractivity contribution in [1.82, 2.24) is 0 Å². The fourth-order valence-corrected chi connectivity index (χ4v) is 0.488. The second-order valence-electron chi connectivity index (χ2n) is 1.98. The van der Waals surface area contributed by atoms with Crippen molar-refractivity contribution in [3.8, 4) is 0 Å². The highest BCUT2D eigenvalue weighted by atomic mass is 16.5. The molecule has 0 aromatic rings. The summed E-state index contributed by atoms with van der Waals surface area (Å²) in [6.45, 7) is 3.44. The van der Waals surface area contributed by atoms with Gasteiger partial charge in [0.2, 0.25) is 0 Å². The van der Waals surface area contributed by atoms with Crippen LogP contribution in [0.1, 0.15) is 19.8 Å². The number of nitrogens with two attached hydrogens (primary N) is 2. The average molecular weight is 145 g/mol. The van der Waals surface area contributed by atoms with Crippen LogP contribution in [0.15, 0.2) is 5.10 Å². The van der Waals surface area contributed by atoms with Gasteiger partial charge in [-0.25, -0.2) is 0 Å². The molecule has 0 saturated heterocycles. The summed E-state index contributed by atoms with van der Waals surface area (Å²) in [5.41, 5.74) is 5.30. The van der Waals surface area contributed by atoms with Gasteiger partial charge in [-0.05, 0) is 6.42 Å². The van der Waals surface area contributed by atoms with E-state index < -0.39 is 0 Å². The van der Waals surface area contributed by atoms with Gasteiger partial charge >= 0.3 is 0 Å². The summed E-state index contributed by atoms with van der Waals surface area (Å²) in [5.74, 6) is 5.34. The smallest absolute Gasteiger partial charge is 0.121 e. The van der Waals surface area contributed by atoms with E-state index in [0.717, 1.165) is 13.0 Å². The first-order valence-electron chi connectivity index (χ1n) is 3.41. The summed E-state index contributed by atoms with van der Waals surface area (Å²) in [6, 6.07) is 0. The first-order valence-corrected chi connectivity index (χ1v) is 3.41. The van der Waals surface area contributed by atoms with Crippen LogP contribution in [0.25, 0.3) is 0 Å². The third-order valence-corrected chi connectivity index (χ3v) is 1.02. The molecule has 4 nitrogen and oxygen atoms in total. The molecule has 0 aliphatic carbocycles. The van der Waals surface area contributed by atoms with Gasteiger partial charge in [-0.3, -0.25) is 0 Å². The summed E-state index contributed by atoms with van der Waals surface area (Å²) in [4.78, 5) is 0. The van der Waals surface area contributed by atoms with E-state index in [1.165, 1.54) is 0 Å². The molecule has 0 spiro atoms. The summed E-state index contributed by atoms with van der Waals surface area (Å²) in [7, 11) is 0. The molecule has 60 valence electrons. The Kier molecular flexibility index (Phi) is 5.86. The number of hydrazone groups is 1. The highest BCUT2D eigenvalue weighted by Gasteiger charge is 1.90. The van der Waals surface area contributed by atoms with Gasteiger partial charge in [0.15, 0.2) is 0 Å². The fourth-order valence-electron chi connectivity index (χ4n) is 0.488. The van der Waals surface area contributed by atoms with Crippen LogP contribution in [0.4, 0.5) is 0 Å². The topological polar surface area (TPSA) is 73.6 Å². The lowest BCUT2D eigenvalue weighted by Crippen LogP contribution is -2.16. The van der Waals surface area contributed by atoms with E-state index in [9.17, 15) is 0 Å². The summed E-state index contributed by atoms with van der Waals surface area (Å²) in [5, 5.41) is 3.30. The summed E-state index contributed by atoms with van der Waals surface area (Å²) in [6.07, 6.45) is 1.65. The highest BCUT2D eigenvalue weighted by Crippen LogP contribution is 1.84. The molecule has 0 aliphatic rings. The number of hydrogen-bond acceptors (Lipinski definition) is 3. The monoisotopic (exact) mass is 145 g/mol. The minimum atomic E-state index is 0.441. The quantitative estimate of drug-likeness (QED) is 0.188. The van der Waals surface area contributed by atoms with Gasteiger partial charge in [-0.1, -0.05) is 6.92 Å². The molecule has 0 amide bonds. The van der Waals surface area contributed by atoms with E-state index in [4.69, 9.17) is 16.3 Å². The van der Waals surface area contributed by atoms with Gasteiger partial charge < -0.3 is 16.3 Å². The van der Waals surface area contributed by atoms with E-state index in [1.807, 2.05) is 0 Å². The maximum atomic E-state index is 5.30. The number of rotatable bonds is 5. The van der Waals surface area contributed by atoms with E-state index in [0.29, 0.717) is 18.9 Å². The Bertz CT molecular complexity index is 103. The van der Waals surface area contributed by atoms with Crippen LogP contribution >= 0.6 is 0 Å². The Morgan fingerprint density at radius 2 is 2.20 bits per heavy atom. The zero-order valence-electron chi connectivity index (χ0n) is 6.34. The first kappa shape index (κ1) is 9.23. The lowest BCUT2D eigenvalue weighted by atomic mass is 10.4. The van der Waals surface area contributed by atoms with Crippen molar-refractivity contribution in [2.75, 3.05) is 13.2 Å². The van der Waals surface area contributed by atoms with Crippen LogP contribution < -0.4 is 11.6 Å². The lowest BCUT2D eigenvalue weighted by Gasteiger charge is -1.99. The van der Waals surface area contributed by atoms with Gasteiger partial charge in [0.25, 0.3) is 0 Å². The van der Waals surface area contributed by atoms with Crippen molar-refractivity contribution in [3.05, 3.63) is 0 Å².